The summed E-state index contributed by atoms with van der Waals surface area (Å²) in [5, 5.41) is 15.5. The smallest absolute Gasteiger partial charge is 0.248 e. The zero-order chi connectivity index (χ0) is 28.6. The van der Waals surface area contributed by atoms with Gasteiger partial charge in [-0.2, -0.15) is 0 Å². The highest BCUT2D eigenvalue weighted by atomic mass is 32.2. The number of nitrogens with one attached hydrogen (secondary N) is 2. The van der Waals surface area contributed by atoms with E-state index >= 15 is 0 Å². The van der Waals surface area contributed by atoms with E-state index in [1.54, 1.807) is 28.8 Å². The van der Waals surface area contributed by atoms with E-state index in [9.17, 15) is 19.5 Å². The molecule has 0 aliphatic carbocycles. The van der Waals surface area contributed by atoms with Crippen LogP contribution in [0.15, 0.2) is 42.5 Å². The quantitative estimate of drug-likeness (QED) is 0.369. The van der Waals surface area contributed by atoms with Crippen LogP contribution in [0.25, 0.3) is 0 Å². The number of aryl methyl sites for hydroxylation is 2. The van der Waals surface area contributed by atoms with Gasteiger partial charge in [0.1, 0.15) is 11.8 Å². The molecule has 1 spiro atoms. The van der Waals surface area contributed by atoms with Crippen molar-refractivity contribution in [1.29, 1.82) is 0 Å². The Labute approximate surface area is 240 Å². The predicted molar refractivity (Wildman–Crippen MR) is 157 cm³/mol. The average molecular weight is 566 g/mol. The van der Waals surface area contributed by atoms with Crippen LogP contribution in [-0.2, 0) is 14.4 Å². The van der Waals surface area contributed by atoms with E-state index < -0.39 is 22.6 Å². The van der Waals surface area contributed by atoms with Gasteiger partial charge in [-0.15, -0.1) is 11.8 Å². The van der Waals surface area contributed by atoms with Crippen molar-refractivity contribution in [2.45, 2.75) is 63.0 Å². The number of amides is 3. The lowest BCUT2D eigenvalue weighted by Gasteiger charge is -2.38. The van der Waals surface area contributed by atoms with E-state index in [1.807, 2.05) is 51.1 Å². The molecule has 3 unspecified atom stereocenters. The zero-order valence-electron chi connectivity index (χ0n) is 23.6. The van der Waals surface area contributed by atoms with Crippen LogP contribution in [-0.4, -0.2) is 63.5 Å². The van der Waals surface area contributed by atoms with Gasteiger partial charge in [-0.25, -0.2) is 0 Å². The van der Waals surface area contributed by atoms with Crippen molar-refractivity contribution < 1.29 is 24.2 Å². The Bertz CT molecular complexity index is 1280. The molecule has 3 fully saturated rings. The lowest BCUT2D eigenvalue weighted by molar-refractivity contribution is -0.138. The number of aliphatic hydroxyl groups is 1. The van der Waals surface area contributed by atoms with Gasteiger partial charge in [0.15, 0.2) is 0 Å². The van der Waals surface area contributed by atoms with Crippen molar-refractivity contribution in [2.24, 2.45) is 17.8 Å². The Morgan fingerprint density at radius 3 is 2.55 bits per heavy atom. The number of hydrogen-bond acceptors (Lipinski definition) is 6. The second-order valence-corrected chi connectivity index (χ2v) is 12.8. The molecule has 40 heavy (non-hydrogen) atoms. The van der Waals surface area contributed by atoms with E-state index in [1.165, 1.54) is 0 Å². The largest absolute Gasteiger partial charge is 0.494 e. The molecule has 3 N–H and O–H groups in total. The molecule has 0 aromatic heterocycles. The average Bonchev–Trinajstić information content (AvgIpc) is 3.51. The lowest BCUT2D eigenvalue weighted by Crippen LogP contribution is -2.54. The van der Waals surface area contributed by atoms with Crippen LogP contribution >= 0.6 is 11.8 Å². The van der Waals surface area contributed by atoms with Gasteiger partial charge < -0.3 is 25.4 Å². The first-order chi connectivity index (χ1) is 19.2. The molecule has 0 radical (unpaired) electrons. The molecule has 3 heterocycles. The van der Waals surface area contributed by atoms with Crippen molar-refractivity contribution in [2.75, 3.05) is 30.4 Å². The van der Waals surface area contributed by atoms with E-state index in [-0.39, 0.29) is 35.5 Å². The molecule has 8 nitrogen and oxygen atoms in total. The number of thioether (sulfide) groups is 1. The van der Waals surface area contributed by atoms with Gasteiger partial charge in [0.05, 0.1) is 23.2 Å². The predicted octanol–water partition coefficient (Wildman–Crippen LogP) is 4.39. The molecule has 5 rings (SSSR count). The van der Waals surface area contributed by atoms with Gasteiger partial charge in [0.25, 0.3) is 0 Å². The maximum Gasteiger partial charge on any atom is 0.248 e. The number of fused-ring (bicyclic) bond motifs is 1. The number of anilines is 2. The summed E-state index contributed by atoms with van der Waals surface area (Å²) in [5.41, 5.74) is 3.38. The Morgan fingerprint density at radius 2 is 1.85 bits per heavy atom. The molecule has 9 heteroatoms. The van der Waals surface area contributed by atoms with Crippen LogP contribution in [0.3, 0.4) is 0 Å². The Kier molecular flexibility index (Phi) is 8.15. The van der Waals surface area contributed by atoms with Crippen LogP contribution in [0, 0.1) is 31.6 Å². The number of nitrogens with zero attached hydrogens (tertiary/aromatic N) is 1. The van der Waals surface area contributed by atoms with Crippen molar-refractivity contribution in [3.05, 3.63) is 53.6 Å². The number of ether oxygens (including phenoxy) is 1. The minimum atomic E-state index is -0.697. The van der Waals surface area contributed by atoms with E-state index in [0.717, 1.165) is 29.0 Å². The first-order valence-electron chi connectivity index (χ1n) is 14.2. The fourth-order valence-electron chi connectivity index (χ4n) is 6.85. The van der Waals surface area contributed by atoms with Gasteiger partial charge in [0.2, 0.25) is 17.7 Å². The molecular weight excluding hydrogens is 526 g/mol. The first-order valence-corrected chi connectivity index (χ1v) is 15.1. The molecular formula is C31H39N3O5S. The fourth-order valence-corrected chi connectivity index (χ4v) is 9.27. The molecule has 3 saturated heterocycles. The van der Waals surface area contributed by atoms with Crippen LogP contribution < -0.4 is 15.4 Å². The Balaban J connectivity index is 1.45. The third-order valence-electron chi connectivity index (χ3n) is 8.69. The summed E-state index contributed by atoms with van der Waals surface area (Å²) in [7, 11) is 0. The molecule has 0 saturated carbocycles. The van der Waals surface area contributed by atoms with Crippen LogP contribution in [0.5, 0.6) is 5.75 Å². The van der Waals surface area contributed by atoms with E-state index in [4.69, 9.17) is 4.74 Å². The van der Waals surface area contributed by atoms with Crippen LogP contribution in [0.2, 0.25) is 0 Å². The van der Waals surface area contributed by atoms with Crippen molar-refractivity contribution in [3.63, 3.8) is 0 Å². The van der Waals surface area contributed by atoms with Crippen molar-refractivity contribution >= 4 is 40.9 Å². The molecule has 2 aromatic rings. The highest BCUT2D eigenvalue weighted by molar-refractivity contribution is 8.02. The fraction of sp³-hybridized carbons (Fsp3) is 0.516. The number of carbonyl (C=O) groups is 3. The highest BCUT2D eigenvalue weighted by Crippen LogP contribution is 2.68. The summed E-state index contributed by atoms with van der Waals surface area (Å²) in [4.78, 5) is 43.7. The van der Waals surface area contributed by atoms with Crippen LogP contribution in [0.1, 0.15) is 44.2 Å². The topological polar surface area (TPSA) is 108 Å². The molecule has 2 aromatic carbocycles. The number of aliphatic hydroxyl groups excluding tert-OH is 1. The lowest BCUT2D eigenvalue weighted by atomic mass is 9.66. The number of carbonyl (C=O) groups excluding carboxylic acids is 3. The third-order valence-corrected chi connectivity index (χ3v) is 10.8. The highest BCUT2D eigenvalue weighted by Gasteiger charge is 2.75. The van der Waals surface area contributed by atoms with Crippen molar-refractivity contribution in [3.8, 4) is 5.75 Å². The maximum absolute atomic E-state index is 14.2. The number of likely N-dealkylation sites (tertiary alicyclic amines) is 1. The molecule has 214 valence electrons. The molecule has 2 bridgehead atoms. The Morgan fingerprint density at radius 1 is 1.10 bits per heavy atom. The minimum absolute atomic E-state index is 0.0241. The number of unbranched alkanes of at least 4 members (excludes halogenated alkanes) is 1. The monoisotopic (exact) mass is 565 g/mol. The third kappa shape index (κ3) is 4.87. The number of benzene rings is 2. The number of rotatable bonds is 10. The van der Waals surface area contributed by atoms with Gasteiger partial charge in [-0.3, -0.25) is 14.4 Å². The van der Waals surface area contributed by atoms with Gasteiger partial charge >= 0.3 is 0 Å². The summed E-state index contributed by atoms with van der Waals surface area (Å²) in [6.07, 6.45) is 1.90. The number of hydrogen-bond donors (Lipinski definition) is 3. The normalized spacial score (nSPS) is 28.5. The van der Waals surface area contributed by atoms with Crippen LogP contribution in [0.4, 0.5) is 11.4 Å². The Hall–Kier alpha value is -3.04. The van der Waals surface area contributed by atoms with E-state index in [2.05, 4.69) is 17.6 Å². The standard InChI is InChI=1S/C31H39N3O5S/c1-5-39-22-12-10-21(11-13-22)32-28(36)25-24-17-20(4)31(40-24)26(25)30(38)34(14-6-7-15-35)27(31)29(37)33-23-16-18(2)8-9-19(23)3/h8-13,16,20,24-27,35H,5-7,14-15,17H2,1-4H3,(H,32,36)(H,33,37)/t20?,24-,25+,26+,27?,31?/m1/s1. The molecule has 6 atom stereocenters. The summed E-state index contributed by atoms with van der Waals surface area (Å²) in [6, 6.07) is 12.5. The van der Waals surface area contributed by atoms with Crippen molar-refractivity contribution in [1.82, 2.24) is 4.90 Å². The van der Waals surface area contributed by atoms with E-state index in [0.29, 0.717) is 31.7 Å². The maximum atomic E-state index is 14.2. The summed E-state index contributed by atoms with van der Waals surface area (Å²) < 4.78 is 4.82. The summed E-state index contributed by atoms with van der Waals surface area (Å²) in [5.74, 6) is -0.820. The molecule has 3 aliphatic heterocycles. The zero-order valence-corrected chi connectivity index (χ0v) is 24.4. The first kappa shape index (κ1) is 28.5. The summed E-state index contributed by atoms with van der Waals surface area (Å²) >= 11 is 1.66. The SMILES string of the molecule is CCOc1ccc(NC(=O)[C@@H]2[C@H]3C(=O)N(CCCCO)C(C(=O)Nc4cc(C)ccc4C)C34S[C@@H]2CC4C)cc1. The minimum Gasteiger partial charge on any atom is -0.494 e. The van der Waals surface area contributed by atoms with Gasteiger partial charge in [-0.1, -0.05) is 19.1 Å². The second kappa shape index (κ2) is 11.4. The molecule has 3 aliphatic rings. The molecule has 3 amide bonds. The van der Waals surface area contributed by atoms with Gasteiger partial charge in [-0.05, 0) is 87.4 Å². The second-order valence-electron chi connectivity index (χ2n) is 11.3. The van der Waals surface area contributed by atoms with Gasteiger partial charge in [0, 0.05) is 29.8 Å². The summed E-state index contributed by atoms with van der Waals surface area (Å²) in [6.45, 7) is 8.92.